The van der Waals surface area contributed by atoms with Crippen LogP contribution >= 0.6 is 0 Å². The Morgan fingerprint density at radius 2 is 1.88 bits per heavy atom. The van der Waals surface area contributed by atoms with Gasteiger partial charge in [-0.1, -0.05) is 0 Å². The van der Waals surface area contributed by atoms with Crippen LogP contribution in [0.15, 0.2) is 0 Å². The summed E-state index contributed by atoms with van der Waals surface area (Å²) in [5, 5.41) is 10.2. The quantitative estimate of drug-likeness (QED) is 0.687. The van der Waals surface area contributed by atoms with Crippen molar-refractivity contribution in [3.63, 3.8) is 0 Å². The maximum atomic E-state index is 10.2. The summed E-state index contributed by atoms with van der Waals surface area (Å²) < 4.78 is 26.0. The van der Waals surface area contributed by atoms with Crippen LogP contribution in [0.3, 0.4) is 0 Å². The molecular formula is C10H20O6. The second kappa shape index (κ2) is 5.90. The molecule has 0 aliphatic carbocycles. The molecule has 16 heavy (non-hydrogen) atoms. The molecule has 4 atom stereocenters. The van der Waals surface area contributed by atoms with Gasteiger partial charge in [0.25, 0.3) is 0 Å². The fraction of sp³-hybridized carbons (Fsp3) is 1.00. The van der Waals surface area contributed by atoms with E-state index in [1.54, 1.807) is 14.2 Å². The van der Waals surface area contributed by atoms with Gasteiger partial charge in [0.15, 0.2) is 0 Å². The van der Waals surface area contributed by atoms with Crippen molar-refractivity contribution >= 4 is 0 Å². The summed E-state index contributed by atoms with van der Waals surface area (Å²) in [6.07, 6.45) is -1.33. The van der Waals surface area contributed by atoms with Crippen molar-refractivity contribution in [2.45, 2.75) is 24.1 Å². The minimum absolute atomic E-state index is 0.0157. The van der Waals surface area contributed by atoms with Crippen molar-refractivity contribution in [3.8, 4) is 0 Å². The van der Waals surface area contributed by atoms with Gasteiger partial charge in [-0.2, -0.15) is 0 Å². The van der Waals surface area contributed by atoms with Crippen molar-refractivity contribution in [1.29, 1.82) is 0 Å². The minimum Gasteiger partial charge on any atom is -0.379 e. The molecule has 6 nitrogen and oxygen atoms in total. The van der Waals surface area contributed by atoms with E-state index in [0.29, 0.717) is 0 Å². The van der Waals surface area contributed by atoms with Crippen LogP contribution in [0.1, 0.15) is 0 Å². The van der Waals surface area contributed by atoms with Crippen LogP contribution in [0.25, 0.3) is 0 Å². The largest absolute Gasteiger partial charge is 0.379 e. The van der Waals surface area contributed by atoms with Gasteiger partial charge in [-0.3, -0.25) is 0 Å². The van der Waals surface area contributed by atoms with Crippen LogP contribution in [0.5, 0.6) is 0 Å². The van der Waals surface area contributed by atoms with Crippen molar-refractivity contribution in [1.82, 2.24) is 0 Å². The molecule has 96 valence electrons. The molecule has 0 radical (unpaired) electrons. The average Bonchev–Trinajstić information content (AvgIpc) is 2.28. The van der Waals surface area contributed by atoms with Crippen LogP contribution in [0.2, 0.25) is 0 Å². The maximum Gasteiger partial charge on any atom is 0.219 e. The molecule has 6 heteroatoms. The fourth-order valence-electron chi connectivity index (χ4n) is 1.98. The van der Waals surface area contributed by atoms with Crippen LogP contribution in [-0.4, -0.2) is 70.9 Å². The summed E-state index contributed by atoms with van der Waals surface area (Å²) in [6, 6.07) is 0. The highest BCUT2D eigenvalue weighted by atomic mass is 16.7. The lowest BCUT2D eigenvalue weighted by molar-refractivity contribution is -0.342. The summed E-state index contributed by atoms with van der Waals surface area (Å²) >= 11 is 0. The monoisotopic (exact) mass is 236 g/mol. The number of rotatable bonds is 5. The zero-order chi connectivity index (χ0) is 12.2. The molecule has 1 rings (SSSR count). The summed E-state index contributed by atoms with van der Waals surface area (Å²) in [7, 11) is 6.08. The van der Waals surface area contributed by atoms with Gasteiger partial charge in [0.2, 0.25) is 5.79 Å². The third-order valence-electron chi connectivity index (χ3n) is 2.79. The summed E-state index contributed by atoms with van der Waals surface area (Å²) in [5.41, 5.74) is 0. The first kappa shape index (κ1) is 13.8. The highest BCUT2D eigenvalue weighted by molar-refractivity contribution is 4.94. The lowest BCUT2D eigenvalue weighted by Crippen LogP contribution is -2.64. The zero-order valence-electron chi connectivity index (χ0n) is 10.1. The zero-order valence-corrected chi connectivity index (χ0v) is 10.1. The first-order valence-corrected chi connectivity index (χ1v) is 5.06. The molecular weight excluding hydrogens is 216 g/mol. The van der Waals surface area contributed by atoms with E-state index < -0.39 is 18.0 Å². The Morgan fingerprint density at radius 1 is 1.19 bits per heavy atom. The highest BCUT2D eigenvalue weighted by Crippen LogP contribution is 2.29. The van der Waals surface area contributed by atoms with Crippen molar-refractivity contribution in [2.75, 3.05) is 41.7 Å². The van der Waals surface area contributed by atoms with E-state index in [1.165, 1.54) is 14.2 Å². The van der Waals surface area contributed by atoms with Crippen LogP contribution < -0.4 is 0 Å². The van der Waals surface area contributed by atoms with E-state index in [9.17, 15) is 5.11 Å². The van der Waals surface area contributed by atoms with Crippen molar-refractivity contribution in [3.05, 3.63) is 0 Å². The number of hydrogen-bond donors (Lipinski definition) is 1. The second-order valence-electron chi connectivity index (χ2n) is 3.72. The number of ether oxygens (including phenoxy) is 5. The van der Waals surface area contributed by atoms with Gasteiger partial charge in [-0.15, -0.1) is 0 Å². The van der Waals surface area contributed by atoms with Gasteiger partial charge in [0, 0.05) is 28.4 Å². The Morgan fingerprint density at radius 3 is 2.31 bits per heavy atom. The third kappa shape index (κ3) is 2.53. The standard InChI is InChI=1S/C10H20O6/c1-12-6-10(11)9(15-4)8(14-3)7(13-2)5-16-10/h7-9,11H,5-6H2,1-4H3. The maximum absolute atomic E-state index is 10.2. The van der Waals surface area contributed by atoms with Gasteiger partial charge in [0.05, 0.1) is 6.61 Å². The van der Waals surface area contributed by atoms with Crippen LogP contribution in [0.4, 0.5) is 0 Å². The molecule has 4 unspecified atom stereocenters. The second-order valence-corrected chi connectivity index (χ2v) is 3.72. The summed E-state index contributed by atoms with van der Waals surface area (Å²) in [5.74, 6) is -1.50. The van der Waals surface area contributed by atoms with Crippen LogP contribution in [-0.2, 0) is 23.7 Å². The molecule has 1 fully saturated rings. The molecule has 1 aliphatic rings. The first-order chi connectivity index (χ1) is 7.62. The molecule has 1 N–H and O–H groups in total. The summed E-state index contributed by atoms with van der Waals surface area (Å²) in [4.78, 5) is 0. The van der Waals surface area contributed by atoms with E-state index in [-0.39, 0.29) is 19.3 Å². The van der Waals surface area contributed by atoms with Gasteiger partial charge in [-0.25, -0.2) is 0 Å². The molecule has 1 heterocycles. The average molecular weight is 236 g/mol. The van der Waals surface area contributed by atoms with Gasteiger partial charge in [0.1, 0.15) is 24.9 Å². The molecule has 0 bridgehead atoms. The van der Waals surface area contributed by atoms with E-state index in [4.69, 9.17) is 23.7 Å². The van der Waals surface area contributed by atoms with Crippen molar-refractivity contribution in [2.24, 2.45) is 0 Å². The number of hydrogen-bond acceptors (Lipinski definition) is 6. The molecule has 0 aromatic rings. The highest BCUT2D eigenvalue weighted by Gasteiger charge is 2.51. The Labute approximate surface area is 95.4 Å². The minimum atomic E-state index is -1.50. The predicted molar refractivity (Wildman–Crippen MR) is 55.2 cm³/mol. The lowest BCUT2D eigenvalue weighted by Gasteiger charge is -2.45. The molecule has 0 spiro atoms. The van der Waals surface area contributed by atoms with Crippen molar-refractivity contribution < 1.29 is 28.8 Å². The number of aliphatic hydroxyl groups is 1. The SMILES string of the molecule is COCC1(O)OCC(OC)C(OC)C1OC. The Kier molecular flexibility index (Phi) is 5.10. The van der Waals surface area contributed by atoms with E-state index in [2.05, 4.69) is 0 Å². The van der Waals surface area contributed by atoms with E-state index in [1.807, 2.05) is 0 Å². The Balaban J connectivity index is 2.83. The van der Waals surface area contributed by atoms with E-state index in [0.717, 1.165) is 0 Å². The predicted octanol–water partition coefficient (Wildman–Crippen LogP) is -0.603. The smallest absolute Gasteiger partial charge is 0.219 e. The molecule has 0 aromatic heterocycles. The number of methoxy groups -OCH3 is 4. The first-order valence-electron chi connectivity index (χ1n) is 5.06. The molecule has 0 aromatic carbocycles. The lowest BCUT2D eigenvalue weighted by atomic mass is 9.97. The molecule has 1 saturated heterocycles. The fourth-order valence-corrected chi connectivity index (χ4v) is 1.98. The Hall–Kier alpha value is -0.240. The molecule has 0 saturated carbocycles. The topological polar surface area (TPSA) is 66.4 Å². The van der Waals surface area contributed by atoms with Gasteiger partial charge < -0.3 is 28.8 Å². The third-order valence-corrected chi connectivity index (χ3v) is 2.79. The Bertz CT molecular complexity index is 211. The van der Waals surface area contributed by atoms with E-state index >= 15 is 0 Å². The van der Waals surface area contributed by atoms with Gasteiger partial charge in [-0.05, 0) is 0 Å². The summed E-state index contributed by atoms with van der Waals surface area (Å²) in [6.45, 7) is 0.247. The molecule has 0 amide bonds. The normalized spacial score (nSPS) is 39.9. The van der Waals surface area contributed by atoms with Gasteiger partial charge >= 0.3 is 0 Å². The van der Waals surface area contributed by atoms with Crippen LogP contribution in [0, 0.1) is 0 Å². The molecule has 1 aliphatic heterocycles.